The minimum atomic E-state index is -0.926. The van der Waals surface area contributed by atoms with Gasteiger partial charge < -0.3 is 10.6 Å². The van der Waals surface area contributed by atoms with Gasteiger partial charge in [-0.2, -0.15) is 0 Å². The van der Waals surface area contributed by atoms with Gasteiger partial charge in [-0.1, -0.05) is 0 Å². The zero-order valence-corrected chi connectivity index (χ0v) is 10.4. The zero-order chi connectivity index (χ0) is 14.7. The number of carbonyl (C=O) groups excluding carboxylic acids is 1. The van der Waals surface area contributed by atoms with Crippen molar-refractivity contribution in [1.82, 2.24) is 4.98 Å². The lowest BCUT2D eigenvalue weighted by Gasteiger charge is -2.13. The van der Waals surface area contributed by atoms with Crippen molar-refractivity contribution in [1.29, 1.82) is 0 Å². The van der Waals surface area contributed by atoms with Crippen LogP contribution in [0.15, 0.2) is 30.5 Å². The second-order valence-electron chi connectivity index (χ2n) is 3.98. The van der Waals surface area contributed by atoms with Crippen LogP contribution < -0.4 is 10.6 Å². The van der Waals surface area contributed by atoms with Gasteiger partial charge in [-0.25, -0.2) is 18.2 Å². The lowest BCUT2D eigenvalue weighted by atomic mass is 10.2. The molecule has 7 heteroatoms. The Morgan fingerprint density at radius 1 is 1.15 bits per heavy atom. The van der Waals surface area contributed by atoms with E-state index in [2.05, 4.69) is 15.6 Å². The number of halogens is 3. The molecule has 0 saturated heterocycles. The van der Waals surface area contributed by atoms with Gasteiger partial charge in [0.1, 0.15) is 23.1 Å². The van der Waals surface area contributed by atoms with E-state index >= 15 is 0 Å². The zero-order valence-electron chi connectivity index (χ0n) is 10.4. The van der Waals surface area contributed by atoms with E-state index in [1.54, 1.807) is 0 Å². The van der Waals surface area contributed by atoms with Crippen LogP contribution in [0.1, 0.15) is 6.92 Å². The molecule has 0 atom stereocenters. The number of nitrogens with zero attached hydrogens (tertiary/aromatic N) is 1. The maximum Gasteiger partial charge on any atom is 0.221 e. The Kier molecular flexibility index (Phi) is 3.88. The smallest absolute Gasteiger partial charge is 0.221 e. The molecule has 0 spiro atoms. The fraction of sp³-hybridized carbons (Fsp3) is 0.0769. The van der Waals surface area contributed by atoms with Crippen LogP contribution in [0.25, 0.3) is 0 Å². The minimum Gasteiger partial charge on any atom is -0.338 e. The van der Waals surface area contributed by atoms with Crippen molar-refractivity contribution in [3.05, 3.63) is 47.9 Å². The van der Waals surface area contributed by atoms with Crippen LogP contribution in [0.4, 0.5) is 30.4 Å². The van der Waals surface area contributed by atoms with Crippen molar-refractivity contribution in [3.8, 4) is 0 Å². The second-order valence-corrected chi connectivity index (χ2v) is 3.98. The molecular formula is C13H10F3N3O. The van der Waals surface area contributed by atoms with E-state index in [0.29, 0.717) is 6.07 Å². The fourth-order valence-electron chi connectivity index (χ4n) is 1.56. The molecule has 0 aliphatic heterocycles. The van der Waals surface area contributed by atoms with E-state index in [9.17, 15) is 18.0 Å². The maximum absolute atomic E-state index is 13.7. The van der Waals surface area contributed by atoms with Crippen LogP contribution in [0.3, 0.4) is 0 Å². The van der Waals surface area contributed by atoms with Crippen molar-refractivity contribution in [3.63, 3.8) is 0 Å². The highest BCUT2D eigenvalue weighted by atomic mass is 19.1. The lowest BCUT2D eigenvalue weighted by molar-refractivity contribution is -0.114. The molecule has 1 aromatic heterocycles. The van der Waals surface area contributed by atoms with Gasteiger partial charge >= 0.3 is 0 Å². The van der Waals surface area contributed by atoms with E-state index < -0.39 is 23.4 Å². The minimum absolute atomic E-state index is 0.0168. The first-order chi connectivity index (χ1) is 9.45. The molecule has 0 radical (unpaired) electrons. The summed E-state index contributed by atoms with van der Waals surface area (Å²) < 4.78 is 39.6. The van der Waals surface area contributed by atoms with Gasteiger partial charge in [-0.05, 0) is 18.2 Å². The molecule has 0 unspecified atom stereocenters. The van der Waals surface area contributed by atoms with E-state index in [4.69, 9.17) is 0 Å². The Morgan fingerprint density at radius 2 is 1.90 bits per heavy atom. The molecule has 2 rings (SSSR count). The Balaban J connectivity index is 2.38. The van der Waals surface area contributed by atoms with Crippen molar-refractivity contribution < 1.29 is 18.0 Å². The van der Waals surface area contributed by atoms with Crippen molar-refractivity contribution in [2.24, 2.45) is 0 Å². The van der Waals surface area contributed by atoms with Gasteiger partial charge in [-0.15, -0.1) is 0 Å². The Morgan fingerprint density at radius 3 is 2.50 bits per heavy atom. The fourth-order valence-corrected chi connectivity index (χ4v) is 1.56. The molecule has 20 heavy (non-hydrogen) atoms. The molecule has 104 valence electrons. The van der Waals surface area contributed by atoms with Crippen LogP contribution in [0.5, 0.6) is 0 Å². The Labute approximate surface area is 112 Å². The molecule has 1 heterocycles. The number of pyridine rings is 1. The van der Waals surface area contributed by atoms with Gasteiger partial charge in [0.15, 0.2) is 5.82 Å². The number of hydrogen-bond donors (Lipinski definition) is 2. The van der Waals surface area contributed by atoms with Crippen molar-refractivity contribution in [2.75, 3.05) is 10.6 Å². The van der Waals surface area contributed by atoms with E-state index in [0.717, 1.165) is 18.3 Å². The van der Waals surface area contributed by atoms with Crippen LogP contribution in [0.2, 0.25) is 0 Å². The van der Waals surface area contributed by atoms with Crippen LogP contribution in [-0.2, 0) is 4.79 Å². The second kappa shape index (κ2) is 5.60. The normalized spacial score (nSPS) is 10.2. The number of carbonyl (C=O) groups is 1. The summed E-state index contributed by atoms with van der Waals surface area (Å²) in [4.78, 5) is 14.7. The molecule has 1 aromatic carbocycles. The highest BCUT2D eigenvalue weighted by molar-refractivity contribution is 5.93. The molecule has 0 aliphatic carbocycles. The first kappa shape index (κ1) is 13.9. The number of amides is 1. The highest BCUT2D eigenvalue weighted by Crippen LogP contribution is 2.29. The maximum atomic E-state index is 13.7. The number of aromatic nitrogens is 1. The van der Waals surface area contributed by atoms with Crippen LogP contribution >= 0.6 is 0 Å². The van der Waals surface area contributed by atoms with Gasteiger partial charge in [0.05, 0.1) is 11.9 Å². The number of hydrogen-bond acceptors (Lipinski definition) is 3. The number of benzene rings is 1. The van der Waals surface area contributed by atoms with Crippen LogP contribution in [-0.4, -0.2) is 10.9 Å². The highest BCUT2D eigenvalue weighted by Gasteiger charge is 2.13. The molecule has 2 aromatic rings. The first-order valence-electron chi connectivity index (χ1n) is 5.61. The Hall–Kier alpha value is -2.57. The standard InChI is InChI=1S/C13H10F3N3O/c1-7(20)18-13-10(16)4-9(15)5-11(13)19-12-3-2-8(14)6-17-12/h2-6H,1H3,(H,17,19)(H,18,20). The summed E-state index contributed by atoms with van der Waals surface area (Å²) in [5.41, 5.74) is -0.221. The molecule has 2 N–H and O–H groups in total. The Bertz CT molecular complexity index is 644. The van der Waals surface area contributed by atoms with Gasteiger partial charge in [0.25, 0.3) is 0 Å². The third-order valence-corrected chi connectivity index (χ3v) is 2.35. The molecule has 1 amide bonds. The van der Waals surface area contributed by atoms with E-state index in [1.165, 1.54) is 13.0 Å². The summed E-state index contributed by atoms with van der Waals surface area (Å²) in [6.07, 6.45) is 0.954. The topological polar surface area (TPSA) is 54.0 Å². The summed E-state index contributed by atoms with van der Waals surface area (Å²) in [5, 5.41) is 4.87. The predicted octanol–water partition coefficient (Wildman–Crippen LogP) is 3.20. The van der Waals surface area contributed by atoms with Crippen molar-refractivity contribution >= 4 is 23.1 Å². The summed E-state index contributed by atoms with van der Waals surface area (Å²) >= 11 is 0. The van der Waals surface area contributed by atoms with Gasteiger partial charge in [-0.3, -0.25) is 4.79 Å². The summed E-state index contributed by atoms with van der Waals surface area (Å²) in [6, 6.07) is 4.09. The molecule has 0 bridgehead atoms. The average molecular weight is 281 g/mol. The number of rotatable bonds is 3. The first-order valence-corrected chi connectivity index (χ1v) is 5.61. The monoisotopic (exact) mass is 281 g/mol. The lowest BCUT2D eigenvalue weighted by Crippen LogP contribution is -2.10. The molecule has 0 saturated carbocycles. The van der Waals surface area contributed by atoms with E-state index in [-0.39, 0.29) is 17.2 Å². The largest absolute Gasteiger partial charge is 0.338 e. The third-order valence-electron chi connectivity index (χ3n) is 2.35. The number of anilines is 3. The summed E-state index contributed by atoms with van der Waals surface area (Å²) in [5.74, 6) is -2.61. The van der Waals surface area contributed by atoms with Gasteiger partial charge in [0, 0.05) is 13.0 Å². The van der Waals surface area contributed by atoms with Crippen molar-refractivity contribution in [2.45, 2.75) is 6.92 Å². The quantitative estimate of drug-likeness (QED) is 0.908. The van der Waals surface area contributed by atoms with Gasteiger partial charge in [0.2, 0.25) is 5.91 Å². The van der Waals surface area contributed by atoms with Crippen LogP contribution in [0, 0.1) is 17.5 Å². The average Bonchev–Trinajstić information content (AvgIpc) is 2.36. The molecular weight excluding hydrogens is 271 g/mol. The SMILES string of the molecule is CC(=O)Nc1c(F)cc(F)cc1Nc1ccc(F)cn1. The predicted molar refractivity (Wildman–Crippen MR) is 68.1 cm³/mol. The summed E-state index contributed by atoms with van der Waals surface area (Å²) in [7, 11) is 0. The molecule has 0 aliphatic rings. The molecule has 4 nitrogen and oxygen atoms in total. The molecule has 0 fully saturated rings. The summed E-state index contributed by atoms with van der Waals surface area (Å²) in [6.45, 7) is 1.20. The number of nitrogens with one attached hydrogen (secondary N) is 2. The van der Waals surface area contributed by atoms with E-state index in [1.807, 2.05) is 0 Å². The third kappa shape index (κ3) is 3.25.